The van der Waals surface area contributed by atoms with Gasteiger partial charge in [-0.3, -0.25) is 4.79 Å². The van der Waals surface area contributed by atoms with E-state index in [1.54, 1.807) is 0 Å². The molecule has 0 aromatic carbocycles. The maximum Gasteiger partial charge on any atom is 0.220 e. The Hall–Kier alpha value is -0.570. The SMILES string of the molecule is CCCCC(CC)CC(=O)NCCC(C)N. The lowest BCUT2D eigenvalue weighted by Crippen LogP contribution is -2.30. The van der Waals surface area contributed by atoms with Crippen LogP contribution in [0.1, 0.15) is 59.3 Å². The molecule has 3 nitrogen and oxygen atoms in total. The van der Waals surface area contributed by atoms with E-state index in [2.05, 4.69) is 19.2 Å². The van der Waals surface area contributed by atoms with Crippen molar-refractivity contribution in [1.82, 2.24) is 5.32 Å². The lowest BCUT2D eigenvalue weighted by Gasteiger charge is -2.14. The number of unbranched alkanes of at least 4 members (excludes halogenated alkanes) is 1. The van der Waals surface area contributed by atoms with Crippen molar-refractivity contribution in [2.24, 2.45) is 11.7 Å². The number of carbonyl (C=O) groups is 1. The van der Waals surface area contributed by atoms with Crippen molar-refractivity contribution in [3.63, 3.8) is 0 Å². The fourth-order valence-electron chi connectivity index (χ4n) is 1.72. The largest absolute Gasteiger partial charge is 0.356 e. The molecular formula is C13H28N2O. The van der Waals surface area contributed by atoms with E-state index in [1.807, 2.05) is 6.92 Å². The summed E-state index contributed by atoms with van der Waals surface area (Å²) in [4.78, 5) is 11.6. The predicted octanol–water partition coefficient (Wildman–Crippen LogP) is 2.45. The third-order valence-corrected chi connectivity index (χ3v) is 2.94. The summed E-state index contributed by atoms with van der Waals surface area (Å²) >= 11 is 0. The molecule has 96 valence electrons. The molecule has 0 saturated heterocycles. The molecule has 0 radical (unpaired) electrons. The van der Waals surface area contributed by atoms with Crippen LogP contribution in [0.25, 0.3) is 0 Å². The summed E-state index contributed by atoms with van der Waals surface area (Å²) in [5, 5.41) is 2.94. The van der Waals surface area contributed by atoms with Crippen molar-refractivity contribution in [2.45, 2.75) is 65.3 Å². The van der Waals surface area contributed by atoms with Gasteiger partial charge in [0.1, 0.15) is 0 Å². The van der Waals surface area contributed by atoms with Crippen LogP contribution >= 0.6 is 0 Å². The number of hydrogen-bond acceptors (Lipinski definition) is 2. The Bertz CT molecular complexity index is 181. The first kappa shape index (κ1) is 15.4. The summed E-state index contributed by atoms with van der Waals surface area (Å²) < 4.78 is 0. The number of amides is 1. The van der Waals surface area contributed by atoms with Crippen LogP contribution in [0.2, 0.25) is 0 Å². The van der Waals surface area contributed by atoms with Gasteiger partial charge in [-0.25, -0.2) is 0 Å². The normalized spacial score (nSPS) is 14.5. The van der Waals surface area contributed by atoms with Gasteiger partial charge in [-0.2, -0.15) is 0 Å². The molecule has 0 heterocycles. The van der Waals surface area contributed by atoms with E-state index in [0.29, 0.717) is 18.9 Å². The minimum Gasteiger partial charge on any atom is -0.356 e. The third-order valence-electron chi connectivity index (χ3n) is 2.94. The first-order chi connectivity index (χ1) is 7.60. The highest BCUT2D eigenvalue weighted by molar-refractivity contribution is 5.76. The second kappa shape index (κ2) is 9.64. The summed E-state index contributed by atoms with van der Waals surface area (Å²) in [5.74, 6) is 0.735. The molecule has 0 bridgehead atoms. The Kier molecular flexibility index (Phi) is 9.30. The molecule has 3 heteroatoms. The zero-order valence-electron chi connectivity index (χ0n) is 11.1. The van der Waals surface area contributed by atoms with Gasteiger partial charge in [-0.05, 0) is 25.7 Å². The minimum absolute atomic E-state index is 0.169. The molecule has 0 aliphatic heterocycles. The van der Waals surface area contributed by atoms with Crippen LogP contribution in [-0.2, 0) is 4.79 Å². The standard InChI is InChI=1S/C13H28N2O/c1-4-6-7-12(5-2)10-13(16)15-9-8-11(3)14/h11-12H,4-10,14H2,1-3H3,(H,15,16). The molecule has 0 aromatic heterocycles. The van der Waals surface area contributed by atoms with Crippen LogP contribution in [0, 0.1) is 5.92 Å². The van der Waals surface area contributed by atoms with Crippen LogP contribution in [0.4, 0.5) is 0 Å². The number of nitrogens with one attached hydrogen (secondary N) is 1. The average molecular weight is 228 g/mol. The molecule has 0 aromatic rings. The number of carbonyl (C=O) groups excluding carboxylic acids is 1. The lowest BCUT2D eigenvalue weighted by atomic mass is 9.95. The average Bonchev–Trinajstić information content (AvgIpc) is 2.23. The molecule has 2 unspecified atom stereocenters. The topological polar surface area (TPSA) is 55.1 Å². The first-order valence-corrected chi connectivity index (χ1v) is 6.62. The van der Waals surface area contributed by atoms with Crippen molar-refractivity contribution < 1.29 is 4.79 Å². The van der Waals surface area contributed by atoms with Gasteiger partial charge in [0, 0.05) is 19.0 Å². The van der Waals surface area contributed by atoms with Gasteiger partial charge in [0.15, 0.2) is 0 Å². The molecule has 3 N–H and O–H groups in total. The van der Waals surface area contributed by atoms with Gasteiger partial charge < -0.3 is 11.1 Å². The number of hydrogen-bond donors (Lipinski definition) is 2. The van der Waals surface area contributed by atoms with Gasteiger partial charge in [-0.15, -0.1) is 0 Å². The Labute approximate surface area is 100 Å². The molecule has 0 aliphatic carbocycles. The van der Waals surface area contributed by atoms with Crippen LogP contribution in [0.5, 0.6) is 0 Å². The smallest absolute Gasteiger partial charge is 0.220 e. The molecule has 0 spiro atoms. The van der Waals surface area contributed by atoms with Crippen LogP contribution < -0.4 is 11.1 Å². The van der Waals surface area contributed by atoms with Crippen molar-refractivity contribution in [3.05, 3.63) is 0 Å². The molecule has 0 fully saturated rings. The van der Waals surface area contributed by atoms with Gasteiger partial charge >= 0.3 is 0 Å². The van der Waals surface area contributed by atoms with Gasteiger partial charge in [0.25, 0.3) is 0 Å². The Morgan fingerprint density at radius 1 is 1.31 bits per heavy atom. The molecule has 0 saturated carbocycles. The van der Waals surface area contributed by atoms with E-state index in [1.165, 1.54) is 19.3 Å². The van der Waals surface area contributed by atoms with E-state index in [9.17, 15) is 4.79 Å². The van der Waals surface area contributed by atoms with Crippen LogP contribution in [0.15, 0.2) is 0 Å². The highest BCUT2D eigenvalue weighted by Gasteiger charge is 2.11. The Morgan fingerprint density at radius 2 is 2.00 bits per heavy atom. The summed E-state index contributed by atoms with van der Waals surface area (Å²) in [6, 6.07) is 0.169. The molecular weight excluding hydrogens is 200 g/mol. The second-order valence-corrected chi connectivity index (χ2v) is 4.74. The maximum atomic E-state index is 11.6. The molecule has 16 heavy (non-hydrogen) atoms. The summed E-state index contributed by atoms with van der Waals surface area (Å²) in [7, 11) is 0. The zero-order chi connectivity index (χ0) is 12.4. The minimum atomic E-state index is 0.169. The van der Waals surface area contributed by atoms with Crippen LogP contribution in [-0.4, -0.2) is 18.5 Å². The van der Waals surface area contributed by atoms with Gasteiger partial charge in [0.2, 0.25) is 5.91 Å². The van der Waals surface area contributed by atoms with Crippen molar-refractivity contribution in [1.29, 1.82) is 0 Å². The molecule has 0 aliphatic rings. The lowest BCUT2D eigenvalue weighted by molar-refractivity contribution is -0.122. The van der Waals surface area contributed by atoms with E-state index in [-0.39, 0.29) is 11.9 Å². The Morgan fingerprint density at radius 3 is 2.50 bits per heavy atom. The summed E-state index contributed by atoms with van der Waals surface area (Å²) in [5.41, 5.74) is 5.62. The van der Waals surface area contributed by atoms with Crippen LogP contribution in [0.3, 0.4) is 0 Å². The summed E-state index contributed by atoms with van der Waals surface area (Å²) in [6.07, 6.45) is 6.25. The van der Waals surface area contributed by atoms with Crippen molar-refractivity contribution in [2.75, 3.05) is 6.54 Å². The molecule has 1 amide bonds. The van der Waals surface area contributed by atoms with Crippen molar-refractivity contribution in [3.8, 4) is 0 Å². The first-order valence-electron chi connectivity index (χ1n) is 6.62. The molecule has 0 rings (SSSR count). The fraction of sp³-hybridized carbons (Fsp3) is 0.923. The van der Waals surface area contributed by atoms with Gasteiger partial charge in [-0.1, -0.05) is 33.1 Å². The van der Waals surface area contributed by atoms with E-state index in [0.717, 1.165) is 12.8 Å². The highest BCUT2D eigenvalue weighted by Crippen LogP contribution is 2.16. The quantitative estimate of drug-likeness (QED) is 0.637. The monoisotopic (exact) mass is 228 g/mol. The third kappa shape index (κ3) is 8.72. The van der Waals surface area contributed by atoms with Crippen molar-refractivity contribution >= 4 is 5.91 Å². The van der Waals surface area contributed by atoms with E-state index >= 15 is 0 Å². The number of nitrogens with two attached hydrogens (primary N) is 1. The highest BCUT2D eigenvalue weighted by atomic mass is 16.1. The molecule has 2 atom stereocenters. The predicted molar refractivity (Wildman–Crippen MR) is 69.2 cm³/mol. The van der Waals surface area contributed by atoms with Gasteiger partial charge in [0.05, 0.1) is 0 Å². The fourth-order valence-corrected chi connectivity index (χ4v) is 1.72. The van der Waals surface area contributed by atoms with E-state index < -0.39 is 0 Å². The van der Waals surface area contributed by atoms with E-state index in [4.69, 9.17) is 5.73 Å². The zero-order valence-corrected chi connectivity index (χ0v) is 11.1. The summed E-state index contributed by atoms with van der Waals surface area (Å²) in [6.45, 7) is 7.02. The maximum absolute atomic E-state index is 11.6. The second-order valence-electron chi connectivity index (χ2n) is 4.74. The number of rotatable bonds is 9. The Balaban J connectivity index is 3.65.